The van der Waals surface area contributed by atoms with Gasteiger partial charge < -0.3 is 15.4 Å². The van der Waals surface area contributed by atoms with Crippen molar-refractivity contribution in [2.75, 3.05) is 24.8 Å². The van der Waals surface area contributed by atoms with Crippen molar-refractivity contribution in [3.63, 3.8) is 0 Å². The van der Waals surface area contributed by atoms with Crippen LogP contribution in [0.15, 0.2) is 36.4 Å². The van der Waals surface area contributed by atoms with E-state index in [9.17, 15) is 4.79 Å². The van der Waals surface area contributed by atoms with Crippen LogP contribution in [-0.4, -0.2) is 25.0 Å². The summed E-state index contributed by atoms with van der Waals surface area (Å²) in [6.45, 7) is 2.00. The van der Waals surface area contributed by atoms with Crippen molar-refractivity contribution >= 4 is 17.4 Å². The molecule has 0 atom stereocenters. The molecule has 0 saturated carbocycles. The molecule has 0 unspecified atom stereocenters. The van der Waals surface area contributed by atoms with Crippen molar-refractivity contribution in [3.8, 4) is 5.75 Å². The Labute approximate surface area is 124 Å². The first-order valence-electron chi connectivity index (χ1n) is 6.81. The number of benzene rings is 1. The summed E-state index contributed by atoms with van der Waals surface area (Å²) >= 11 is 0. The number of carbonyl (C=O) groups excluding carboxylic acids is 1. The maximum Gasteiger partial charge on any atom is 0.255 e. The molecule has 0 saturated heterocycles. The van der Waals surface area contributed by atoms with Gasteiger partial charge >= 0.3 is 0 Å². The molecule has 0 aliphatic carbocycles. The van der Waals surface area contributed by atoms with Crippen molar-refractivity contribution in [3.05, 3.63) is 47.7 Å². The van der Waals surface area contributed by atoms with Crippen LogP contribution in [-0.2, 0) is 6.42 Å². The summed E-state index contributed by atoms with van der Waals surface area (Å²) in [6.07, 6.45) is 0.768. The van der Waals surface area contributed by atoms with Crippen LogP contribution >= 0.6 is 0 Å². The SMILES string of the molecule is CCc1cc(C(=O)Nc2ccccc2OC)cc(NC)n1. The number of methoxy groups -OCH3 is 1. The number of ether oxygens (including phenoxy) is 1. The first-order valence-corrected chi connectivity index (χ1v) is 6.81. The van der Waals surface area contributed by atoms with E-state index in [1.807, 2.05) is 19.1 Å². The van der Waals surface area contributed by atoms with Gasteiger partial charge in [-0.2, -0.15) is 0 Å². The molecule has 0 aliphatic heterocycles. The van der Waals surface area contributed by atoms with Crippen LogP contribution in [0.25, 0.3) is 0 Å². The van der Waals surface area contributed by atoms with Gasteiger partial charge in [0.1, 0.15) is 11.6 Å². The number of aromatic nitrogens is 1. The molecule has 0 spiro atoms. The zero-order valence-corrected chi connectivity index (χ0v) is 12.4. The van der Waals surface area contributed by atoms with Crippen molar-refractivity contribution < 1.29 is 9.53 Å². The smallest absolute Gasteiger partial charge is 0.255 e. The van der Waals surface area contributed by atoms with E-state index < -0.39 is 0 Å². The average molecular weight is 285 g/mol. The minimum Gasteiger partial charge on any atom is -0.495 e. The Bertz CT molecular complexity index is 619. The molecule has 110 valence electrons. The molecule has 0 fully saturated rings. The van der Waals surface area contributed by atoms with Gasteiger partial charge in [-0.25, -0.2) is 4.98 Å². The lowest BCUT2D eigenvalue weighted by Crippen LogP contribution is -2.14. The summed E-state index contributed by atoms with van der Waals surface area (Å²) in [5.74, 6) is 1.12. The fraction of sp³-hybridized carbons (Fsp3) is 0.250. The predicted octanol–water partition coefficient (Wildman–Crippen LogP) is 2.95. The third kappa shape index (κ3) is 3.51. The Balaban J connectivity index is 2.28. The highest BCUT2D eigenvalue weighted by molar-refractivity contribution is 6.05. The molecule has 5 heteroatoms. The normalized spacial score (nSPS) is 10.0. The van der Waals surface area contributed by atoms with Crippen molar-refractivity contribution in [2.24, 2.45) is 0 Å². The number of amides is 1. The second-order valence-electron chi connectivity index (χ2n) is 4.49. The topological polar surface area (TPSA) is 63.2 Å². The van der Waals surface area contributed by atoms with Crippen molar-refractivity contribution in [1.82, 2.24) is 4.98 Å². The van der Waals surface area contributed by atoms with Crippen LogP contribution in [0.2, 0.25) is 0 Å². The highest BCUT2D eigenvalue weighted by Crippen LogP contribution is 2.24. The number of anilines is 2. The second kappa shape index (κ2) is 6.74. The number of rotatable bonds is 5. The number of carbonyl (C=O) groups is 1. The number of hydrogen-bond acceptors (Lipinski definition) is 4. The Morgan fingerprint density at radius 3 is 2.71 bits per heavy atom. The second-order valence-corrected chi connectivity index (χ2v) is 4.49. The first-order chi connectivity index (χ1) is 10.2. The van der Waals surface area contributed by atoms with Crippen LogP contribution in [0.3, 0.4) is 0 Å². The average Bonchev–Trinajstić information content (AvgIpc) is 2.54. The van der Waals surface area contributed by atoms with Gasteiger partial charge in [0, 0.05) is 18.3 Å². The minimum atomic E-state index is -0.187. The van der Waals surface area contributed by atoms with E-state index in [4.69, 9.17) is 4.74 Å². The standard InChI is InChI=1S/C16H19N3O2/c1-4-12-9-11(10-15(17-2)18-12)16(20)19-13-7-5-6-8-14(13)21-3/h5-10H,4H2,1-3H3,(H,17,18)(H,19,20). The molecule has 2 aromatic rings. The van der Waals surface area contributed by atoms with Gasteiger partial charge in [0.15, 0.2) is 0 Å². The molecule has 0 radical (unpaired) electrons. The van der Waals surface area contributed by atoms with E-state index in [1.165, 1.54) is 0 Å². The summed E-state index contributed by atoms with van der Waals surface area (Å²) in [4.78, 5) is 16.8. The van der Waals surface area contributed by atoms with E-state index in [0.717, 1.165) is 12.1 Å². The van der Waals surface area contributed by atoms with E-state index in [2.05, 4.69) is 15.6 Å². The van der Waals surface area contributed by atoms with E-state index >= 15 is 0 Å². The molecule has 1 aromatic heterocycles. The van der Waals surface area contributed by atoms with Gasteiger partial charge in [0.25, 0.3) is 5.91 Å². The monoisotopic (exact) mass is 285 g/mol. The maximum atomic E-state index is 12.4. The molecule has 1 amide bonds. The van der Waals surface area contributed by atoms with Crippen LogP contribution in [0.4, 0.5) is 11.5 Å². The van der Waals surface area contributed by atoms with Gasteiger partial charge in [-0.05, 0) is 30.7 Å². The van der Waals surface area contributed by atoms with E-state index in [-0.39, 0.29) is 5.91 Å². The van der Waals surface area contributed by atoms with Gasteiger partial charge in [0.2, 0.25) is 0 Å². The molecule has 5 nitrogen and oxygen atoms in total. The lowest BCUT2D eigenvalue weighted by molar-refractivity contribution is 0.102. The van der Waals surface area contributed by atoms with Gasteiger partial charge in [-0.3, -0.25) is 4.79 Å². The molecule has 2 rings (SSSR count). The number of para-hydroxylation sites is 2. The molecule has 0 aliphatic rings. The quantitative estimate of drug-likeness (QED) is 0.886. The minimum absolute atomic E-state index is 0.187. The maximum absolute atomic E-state index is 12.4. The van der Waals surface area contributed by atoms with Crippen LogP contribution in [0, 0.1) is 0 Å². The number of pyridine rings is 1. The Hall–Kier alpha value is -2.56. The highest BCUT2D eigenvalue weighted by Gasteiger charge is 2.11. The molecular weight excluding hydrogens is 266 g/mol. The molecule has 2 N–H and O–H groups in total. The third-order valence-electron chi connectivity index (χ3n) is 3.11. The van der Waals surface area contributed by atoms with Gasteiger partial charge in [-0.15, -0.1) is 0 Å². The summed E-state index contributed by atoms with van der Waals surface area (Å²) in [5, 5.41) is 5.83. The summed E-state index contributed by atoms with van der Waals surface area (Å²) in [6, 6.07) is 10.8. The third-order valence-corrected chi connectivity index (χ3v) is 3.11. The molecule has 1 aromatic carbocycles. The lowest BCUT2D eigenvalue weighted by atomic mass is 10.1. The van der Waals surface area contributed by atoms with Gasteiger partial charge in [0.05, 0.1) is 12.8 Å². The summed E-state index contributed by atoms with van der Waals surface area (Å²) in [5.41, 5.74) is 2.08. The predicted molar refractivity (Wildman–Crippen MR) is 84.1 cm³/mol. The Morgan fingerprint density at radius 2 is 2.05 bits per heavy atom. The first kappa shape index (κ1) is 14.8. The van der Waals surface area contributed by atoms with E-state index in [0.29, 0.717) is 22.8 Å². The lowest BCUT2D eigenvalue weighted by Gasteiger charge is -2.11. The van der Waals surface area contributed by atoms with Crippen LogP contribution in [0.5, 0.6) is 5.75 Å². The number of nitrogens with zero attached hydrogens (tertiary/aromatic N) is 1. The Kier molecular flexibility index (Phi) is 4.77. The van der Waals surface area contributed by atoms with Gasteiger partial charge in [-0.1, -0.05) is 19.1 Å². The molecule has 21 heavy (non-hydrogen) atoms. The molecule has 1 heterocycles. The summed E-state index contributed by atoms with van der Waals surface area (Å²) < 4.78 is 5.23. The fourth-order valence-electron chi connectivity index (χ4n) is 1.97. The molecular formula is C16H19N3O2. The zero-order valence-electron chi connectivity index (χ0n) is 12.4. The zero-order chi connectivity index (χ0) is 15.2. The molecule has 0 bridgehead atoms. The Morgan fingerprint density at radius 1 is 1.29 bits per heavy atom. The highest BCUT2D eigenvalue weighted by atomic mass is 16.5. The summed E-state index contributed by atoms with van der Waals surface area (Å²) in [7, 11) is 3.36. The van der Waals surface area contributed by atoms with Crippen LogP contribution < -0.4 is 15.4 Å². The largest absolute Gasteiger partial charge is 0.495 e. The van der Waals surface area contributed by atoms with Crippen molar-refractivity contribution in [1.29, 1.82) is 0 Å². The number of hydrogen-bond donors (Lipinski definition) is 2. The fourth-order valence-corrected chi connectivity index (χ4v) is 1.97. The number of nitrogens with one attached hydrogen (secondary N) is 2. The number of aryl methyl sites for hydroxylation is 1. The van der Waals surface area contributed by atoms with Crippen LogP contribution in [0.1, 0.15) is 23.0 Å². The van der Waals surface area contributed by atoms with E-state index in [1.54, 1.807) is 38.4 Å². The van der Waals surface area contributed by atoms with Crippen molar-refractivity contribution in [2.45, 2.75) is 13.3 Å².